The van der Waals surface area contributed by atoms with E-state index >= 15 is 0 Å². The van der Waals surface area contributed by atoms with Gasteiger partial charge in [0.05, 0.1) is 4.88 Å². The number of thioether (sulfide) groups is 1. The van der Waals surface area contributed by atoms with E-state index in [0.29, 0.717) is 17.1 Å². The zero-order valence-electron chi connectivity index (χ0n) is 8.43. The van der Waals surface area contributed by atoms with E-state index in [4.69, 9.17) is 0 Å². The summed E-state index contributed by atoms with van der Waals surface area (Å²) in [4.78, 5) is 23.6. The van der Waals surface area contributed by atoms with E-state index in [1.807, 2.05) is 0 Å². The molecule has 0 saturated carbocycles. The molecule has 2 rings (SSSR count). The Bertz CT molecular complexity index is 396. The number of hydrogen-bond donors (Lipinski definition) is 2. The summed E-state index contributed by atoms with van der Waals surface area (Å²) in [5.41, 5.74) is -1.08. The lowest BCUT2D eigenvalue weighted by molar-refractivity contribution is -0.143. The Kier molecular flexibility index (Phi) is 3.20. The van der Waals surface area contributed by atoms with E-state index in [9.17, 15) is 14.7 Å². The molecule has 1 fully saturated rings. The van der Waals surface area contributed by atoms with Crippen LogP contribution in [0.5, 0.6) is 0 Å². The van der Waals surface area contributed by atoms with Gasteiger partial charge in [0, 0.05) is 5.75 Å². The van der Waals surface area contributed by atoms with Gasteiger partial charge in [-0.1, -0.05) is 6.07 Å². The number of amides is 1. The van der Waals surface area contributed by atoms with Crippen molar-refractivity contribution in [3.8, 4) is 0 Å². The molecule has 1 unspecified atom stereocenters. The minimum absolute atomic E-state index is 0.292. The van der Waals surface area contributed by atoms with Crippen LogP contribution >= 0.6 is 23.1 Å². The normalized spacial score (nSPS) is 24.2. The molecule has 2 N–H and O–H groups in total. The average Bonchev–Trinajstić information content (AvgIpc) is 2.88. The largest absolute Gasteiger partial charge is 0.479 e. The zero-order valence-corrected chi connectivity index (χ0v) is 10.1. The third-order valence-corrected chi connectivity index (χ3v) is 4.59. The molecule has 16 heavy (non-hydrogen) atoms. The van der Waals surface area contributed by atoms with Crippen LogP contribution in [0.3, 0.4) is 0 Å². The van der Waals surface area contributed by atoms with Crippen molar-refractivity contribution in [2.75, 3.05) is 11.5 Å². The van der Waals surface area contributed by atoms with Crippen molar-refractivity contribution in [2.24, 2.45) is 0 Å². The minimum atomic E-state index is -1.08. The van der Waals surface area contributed by atoms with E-state index in [0.717, 1.165) is 5.75 Å². The van der Waals surface area contributed by atoms with Crippen LogP contribution < -0.4 is 5.32 Å². The monoisotopic (exact) mass is 257 g/mol. The van der Waals surface area contributed by atoms with Crippen LogP contribution in [0.2, 0.25) is 0 Å². The molecule has 1 aromatic heterocycles. The number of carbonyl (C=O) groups is 2. The van der Waals surface area contributed by atoms with Gasteiger partial charge in [-0.15, -0.1) is 11.3 Å². The fourth-order valence-corrected chi connectivity index (χ4v) is 3.52. The number of nitrogens with one attached hydrogen (secondary N) is 1. The standard InChI is InChI=1S/C10H11NO3S2/c12-8(7-2-1-4-16-7)11-10(9(13)14)3-5-15-6-10/h1-2,4H,3,5-6H2,(H,11,12)(H,13,14). The van der Waals surface area contributed by atoms with Crippen molar-refractivity contribution in [2.45, 2.75) is 12.0 Å². The SMILES string of the molecule is O=C(NC1(C(=O)O)CCSC1)c1cccs1. The summed E-state index contributed by atoms with van der Waals surface area (Å²) < 4.78 is 0. The molecule has 2 heterocycles. The summed E-state index contributed by atoms with van der Waals surface area (Å²) in [6.07, 6.45) is 0.490. The highest BCUT2D eigenvalue weighted by atomic mass is 32.2. The minimum Gasteiger partial charge on any atom is -0.479 e. The Hall–Kier alpha value is -1.01. The second-order valence-corrected chi connectivity index (χ2v) is 5.67. The Morgan fingerprint density at radius 2 is 2.31 bits per heavy atom. The molecule has 4 nitrogen and oxygen atoms in total. The van der Waals surface area contributed by atoms with E-state index in [1.165, 1.54) is 11.3 Å². The molecular formula is C10H11NO3S2. The van der Waals surface area contributed by atoms with E-state index < -0.39 is 11.5 Å². The lowest BCUT2D eigenvalue weighted by Gasteiger charge is -2.24. The number of carboxylic acids is 1. The molecule has 86 valence electrons. The van der Waals surface area contributed by atoms with Crippen LogP contribution in [0.4, 0.5) is 0 Å². The summed E-state index contributed by atoms with van der Waals surface area (Å²) in [6, 6.07) is 3.47. The van der Waals surface area contributed by atoms with Gasteiger partial charge >= 0.3 is 5.97 Å². The summed E-state index contributed by atoms with van der Waals surface area (Å²) in [5, 5.41) is 13.6. The number of hydrogen-bond acceptors (Lipinski definition) is 4. The van der Waals surface area contributed by atoms with E-state index in [2.05, 4.69) is 5.32 Å². The molecule has 0 bridgehead atoms. The second-order valence-electron chi connectivity index (χ2n) is 3.62. The summed E-state index contributed by atoms with van der Waals surface area (Å²) >= 11 is 2.87. The maximum absolute atomic E-state index is 11.8. The Morgan fingerprint density at radius 3 is 2.81 bits per heavy atom. The molecule has 1 aliphatic heterocycles. The molecule has 0 aromatic carbocycles. The fraction of sp³-hybridized carbons (Fsp3) is 0.400. The van der Waals surface area contributed by atoms with Gasteiger partial charge in [-0.3, -0.25) is 4.79 Å². The first-order valence-corrected chi connectivity index (χ1v) is 6.85. The summed E-state index contributed by atoms with van der Waals surface area (Å²) in [7, 11) is 0. The molecule has 1 aliphatic rings. The van der Waals surface area contributed by atoms with Crippen molar-refractivity contribution in [3.63, 3.8) is 0 Å². The number of thiophene rings is 1. The predicted molar refractivity (Wildman–Crippen MR) is 64.1 cm³/mol. The first kappa shape index (κ1) is 11.5. The maximum atomic E-state index is 11.8. The number of carbonyl (C=O) groups excluding carboxylic acids is 1. The van der Waals surface area contributed by atoms with Gasteiger partial charge in [0.1, 0.15) is 5.54 Å². The molecule has 0 aliphatic carbocycles. The molecule has 1 saturated heterocycles. The molecule has 0 spiro atoms. The van der Waals surface area contributed by atoms with Gasteiger partial charge in [-0.05, 0) is 23.6 Å². The molecule has 6 heteroatoms. The smallest absolute Gasteiger partial charge is 0.330 e. The zero-order chi connectivity index (χ0) is 11.6. The van der Waals surface area contributed by atoms with Crippen molar-refractivity contribution >= 4 is 35.0 Å². The highest BCUT2D eigenvalue weighted by Gasteiger charge is 2.43. The summed E-state index contributed by atoms with van der Waals surface area (Å²) in [5.74, 6) is -0.0153. The van der Waals surface area contributed by atoms with Crippen LogP contribution in [0.1, 0.15) is 16.1 Å². The number of rotatable bonds is 3. The molecule has 1 atom stereocenters. The molecule has 1 aromatic rings. The molecular weight excluding hydrogens is 246 g/mol. The number of aliphatic carboxylic acids is 1. The third kappa shape index (κ3) is 2.08. The average molecular weight is 257 g/mol. The fourth-order valence-electron chi connectivity index (χ4n) is 1.57. The lowest BCUT2D eigenvalue weighted by Crippen LogP contribution is -2.54. The Labute approximate surface area is 101 Å². The van der Waals surface area contributed by atoms with Crippen LogP contribution in [-0.2, 0) is 4.79 Å². The highest BCUT2D eigenvalue weighted by molar-refractivity contribution is 7.99. The quantitative estimate of drug-likeness (QED) is 0.860. The van der Waals surface area contributed by atoms with E-state index in [1.54, 1.807) is 29.3 Å². The third-order valence-electron chi connectivity index (χ3n) is 2.53. The first-order valence-electron chi connectivity index (χ1n) is 4.81. The van der Waals surface area contributed by atoms with Gasteiger partial charge in [-0.25, -0.2) is 4.79 Å². The van der Waals surface area contributed by atoms with Crippen LogP contribution in [0.25, 0.3) is 0 Å². The van der Waals surface area contributed by atoms with Crippen LogP contribution in [0, 0.1) is 0 Å². The van der Waals surface area contributed by atoms with Crippen molar-refractivity contribution in [1.82, 2.24) is 5.32 Å². The van der Waals surface area contributed by atoms with E-state index in [-0.39, 0.29) is 5.91 Å². The first-order chi connectivity index (χ1) is 7.64. The highest BCUT2D eigenvalue weighted by Crippen LogP contribution is 2.28. The van der Waals surface area contributed by atoms with Crippen molar-refractivity contribution in [3.05, 3.63) is 22.4 Å². The predicted octanol–water partition coefficient (Wildman–Crippen LogP) is 1.44. The van der Waals surface area contributed by atoms with Gasteiger partial charge < -0.3 is 10.4 Å². The van der Waals surface area contributed by atoms with Gasteiger partial charge in [0.2, 0.25) is 0 Å². The Balaban J connectivity index is 2.13. The molecule has 0 radical (unpaired) electrons. The van der Waals surface area contributed by atoms with Crippen molar-refractivity contribution in [1.29, 1.82) is 0 Å². The summed E-state index contributed by atoms with van der Waals surface area (Å²) in [6.45, 7) is 0. The maximum Gasteiger partial charge on any atom is 0.330 e. The molecule has 1 amide bonds. The Morgan fingerprint density at radius 1 is 1.50 bits per heavy atom. The van der Waals surface area contributed by atoms with Gasteiger partial charge in [-0.2, -0.15) is 11.8 Å². The topological polar surface area (TPSA) is 66.4 Å². The van der Waals surface area contributed by atoms with Crippen molar-refractivity contribution < 1.29 is 14.7 Å². The van der Waals surface area contributed by atoms with Gasteiger partial charge in [0.25, 0.3) is 5.91 Å². The van der Waals surface area contributed by atoms with Crippen LogP contribution in [0.15, 0.2) is 17.5 Å². The second kappa shape index (κ2) is 4.47. The lowest BCUT2D eigenvalue weighted by atomic mass is 9.99. The van der Waals surface area contributed by atoms with Crippen LogP contribution in [-0.4, -0.2) is 34.0 Å². The van der Waals surface area contributed by atoms with Gasteiger partial charge in [0.15, 0.2) is 0 Å². The number of carboxylic acid groups (broad SMARTS) is 1.